The molecule has 0 saturated carbocycles. The van der Waals surface area contributed by atoms with Crippen molar-refractivity contribution in [1.29, 1.82) is 0 Å². The lowest BCUT2D eigenvalue weighted by atomic mass is 10.1. The van der Waals surface area contributed by atoms with E-state index in [1.54, 1.807) is 6.92 Å². The van der Waals surface area contributed by atoms with Crippen LogP contribution in [0.25, 0.3) is 11.3 Å². The van der Waals surface area contributed by atoms with Gasteiger partial charge in [0.25, 0.3) is 0 Å². The molecule has 0 radical (unpaired) electrons. The maximum absolute atomic E-state index is 11.9. The van der Waals surface area contributed by atoms with Crippen LogP contribution >= 0.6 is 24.2 Å². The Morgan fingerprint density at radius 2 is 2.05 bits per heavy atom. The van der Waals surface area contributed by atoms with E-state index in [4.69, 9.17) is 16.3 Å². The summed E-state index contributed by atoms with van der Waals surface area (Å²) in [4.78, 5) is 20.6. The van der Waals surface area contributed by atoms with E-state index in [0.717, 1.165) is 10.5 Å². The number of carbonyl (C=O) groups is 1. The number of rotatable bonds is 3. The summed E-state index contributed by atoms with van der Waals surface area (Å²) in [6.07, 6.45) is 1.37. The Labute approximate surface area is 121 Å². The maximum atomic E-state index is 11.9. The van der Waals surface area contributed by atoms with Crippen molar-refractivity contribution in [1.82, 2.24) is 9.97 Å². The van der Waals surface area contributed by atoms with E-state index in [-0.39, 0.29) is 17.5 Å². The molecule has 0 spiro atoms. The van der Waals surface area contributed by atoms with Crippen LogP contribution in [0.15, 0.2) is 35.4 Å². The summed E-state index contributed by atoms with van der Waals surface area (Å²) in [5.74, 6) is -0.468. The highest BCUT2D eigenvalue weighted by Gasteiger charge is 2.16. The van der Waals surface area contributed by atoms with Gasteiger partial charge in [0.05, 0.1) is 12.3 Å². The third kappa shape index (κ3) is 3.24. The summed E-state index contributed by atoms with van der Waals surface area (Å²) in [5, 5.41) is 0.0815. The van der Waals surface area contributed by atoms with Gasteiger partial charge in [-0.2, -0.15) is 0 Å². The van der Waals surface area contributed by atoms with Crippen LogP contribution in [0.4, 0.5) is 0 Å². The molecule has 0 aliphatic heterocycles. The van der Waals surface area contributed by atoms with E-state index in [0.29, 0.717) is 5.69 Å². The highest BCUT2D eigenvalue weighted by Crippen LogP contribution is 2.24. The largest absolute Gasteiger partial charge is 0.462 e. The number of esters is 1. The van der Waals surface area contributed by atoms with Crippen molar-refractivity contribution in [2.75, 3.05) is 6.61 Å². The number of benzene rings is 1. The van der Waals surface area contributed by atoms with Crippen molar-refractivity contribution in [3.63, 3.8) is 0 Å². The van der Waals surface area contributed by atoms with Crippen molar-refractivity contribution in [2.24, 2.45) is 0 Å². The minimum Gasteiger partial charge on any atom is -0.462 e. The zero-order valence-electron chi connectivity index (χ0n) is 10.1. The van der Waals surface area contributed by atoms with E-state index in [1.165, 1.54) is 6.20 Å². The molecule has 19 heavy (non-hydrogen) atoms. The maximum Gasteiger partial charge on any atom is 0.341 e. The molecule has 0 N–H and O–H groups in total. The van der Waals surface area contributed by atoms with Crippen LogP contribution in [-0.2, 0) is 4.74 Å². The number of halogens is 1. The lowest BCUT2D eigenvalue weighted by molar-refractivity contribution is 0.0526. The van der Waals surface area contributed by atoms with Gasteiger partial charge in [-0.1, -0.05) is 12.1 Å². The first-order chi connectivity index (χ1) is 9.11. The van der Waals surface area contributed by atoms with Crippen molar-refractivity contribution in [2.45, 2.75) is 11.8 Å². The Bertz CT molecular complexity index is 602. The van der Waals surface area contributed by atoms with Gasteiger partial charge in [0, 0.05) is 16.7 Å². The molecule has 0 amide bonds. The molecule has 1 heterocycles. The van der Waals surface area contributed by atoms with Crippen molar-refractivity contribution < 1.29 is 9.53 Å². The number of aromatic nitrogens is 2. The Kier molecular flexibility index (Phi) is 4.39. The van der Waals surface area contributed by atoms with Crippen LogP contribution in [0, 0.1) is 0 Å². The fraction of sp³-hybridized carbons (Fsp3) is 0.154. The van der Waals surface area contributed by atoms with Crippen molar-refractivity contribution >= 4 is 30.2 Å². The monoisotopic (exact) mass is 294 g/mol. The van der Waals surface area contributed by atoms with Gasteiger partial charge >= 0.3 is 5.97 Å². The predicted molar refractivity (Wildman–Crippen MR) is 75.7 cm³/mol. The molecule has 0 unspecified atom stereocenters. The number of nitrogens with zero attached hydrogens (tertiary/aromatic N) is 2. The van der Waals surface area contributed by atoms with E-state index >= 15 is 0 Å². The molecule has 0 aliphatic carbocycles. The molecule has 2 aromatic rings. The first-order valence-corrected chi connectivity index (χ1v) is 6.43. The smallest absolute Gasteiger partial charge is 0.341 e. The number of thiol groups is 1. The molecular formula is C13H11ClN2O2S. The third-order valence-corrected chi connectivity index (χ3v) is 2.88. The Hall–Kier alpha value is -1.59. The molecule has 0 fully saturated rings. The average molecular weight is 295 g/mol. The quantitative estimate of drug-likeness (QED) is 0.536. The molecule has 4 nitrogen and oxygen atoms in total. The number of carbonyl (C=O) groups excluding carboxylic acids is 1. The average Bonchev–Trinajstić information content (AvgIpc) is 2.39. The van der Waals surface area contributed by atoms with Gasteiger partial charge in [-0.05, 0) is 30.7 Å². The van der Waals surface area contributed by atoms with Gasteiger partial charge in [0.15, 0.2) is 0 Å². The molecule has 6 heteroatoms. The Balaban J connectivity index is 2.51. The van der Waals surface area contributed by atoms with Crippen molar-refractivity contribution in [3.05, 3.63) is 41.3 Å². The van der Waals surface area contributed by atoms with Crippen LogP contribution in [-0.4, -0.2) is 22.5 Å². The fourth-order valence-corrected chi connectivity index (χ4v) is 1.84. The summed E-state index contributed by atoms with van der Waals surface area (Å²) >= 11 is 10.0. The molecule has 0 aliphatic rings. The van der Waals surface area contributed by atoms with Gasteiger partial charge in [-0.3, -0.25) is 0 Å². The van der Waals surface area contributed by atoms with Gasteiger partial charge in [0.1, 0.15) is 5.56 Å². The molecule has 1 aromatic heterocycles. The molecule has 98 valence electrons. The molecule has 0 atom stereocenters. The molecule has 0 bridgehead atoms. The van der Waals surface area contributed by atoms with Gasteiger partial charge in [-0.15, -0.1) is 12.6 Å². The van der Waals surface area contributed by atoms with Crippen LogP contribution in [0.2, 0.25) is 5.28 Å². The summed E-state index contributed by atoms with van der Waals surface area (Å²) < 4.78 is 4.98. The van der Waals surface area contributed by atoms with Crippen LogP contribution in [0.1, 0.15) is 17.3 Å². The van der Waals surface area contributed by atoms with E-state index in [1.807, 2.05) is 24.3 Å². The zero-order valence-corrected chi connectivity index (χ0v) is 11.8. The second-order valence-corrected chi connectivity index (χ2v) is 4.52. The van der Waals surface area contributed by atoms with Crippen molar-refractivity contribution in [3.8, 4) is 11.3 Å². The van der Waals surface area contributed by atoms with Crippen LogP contribution in [0.3, 0.4) is 0 Å². The summed E-state index contributed by atoms with van der Waals surface area (Å²) in [6.45, 7) is 2.03. The highest BCUT2D eigenvalue weighted by atomic mass is 35.5. The minimum absolute atomic E-state index is 0.0815. The third-order valence-electron chi connectivity index (χ3n) is 2.40. The van der Waals surface area contributed by atoms with E-state index < -0.39 is 5.97 Å². The Morgan fingerprint density at radius 3 is 2.68 bits per heavy atom. The fourth-order valence-electron chi connectivity index (χ4n) is 1.56. The number of ether oxygens (including phenoxy) is 1. The predicted octanol–water partition coefficient (Wildman–Crippen LogP) is 3.26. The molecular weight excluding hydrogens is 284 g/mol. The van der Waals surface area contributed by atoms with Gasteiger partial charge in [0.2, 0.25) is 5.28 Å². The van der Waals surface area contributed by atoms with Gasteiger partial charge in [-0.25, -0.2) is 14.8 Å². The van der Waals surface area contributed by atoms with Gasteiger partial charge < -0.3 is 4.74 Å². The summed E-state index contributed by atoms with van der Waals surface area (Å²) in [7, 11) is 0. The lowest BCUT2D eigenvalue weighted by Crippen LogP contribution is -2.08. The second-order valence-electron chi connectivity index (χ2n) is 3.67. The minimum atomic E-state index is -0.468. The Morgan fingerprint density at radius 1 is 1.37 bits per heavy atom. The molecule has 1 aromatic carbocycles. The normalized spacial score (nSPS) is 10.3. The first kappa shape index (κ1) is 13.8. The van der Waals surface area contributed by atoms with Crippen LogP contribution < -0.4 is 0 Å². The summed E-state index contributed by atoms with van der Waals surface area (Å²) in [6, 6.07) is 7.24. The van der Waals surface area contributed by atoms with Crippen LogP contribution in [0.5, 0.6) is 0 Å². The first-order valence-electron chi connectivity index (χ1n) is 5.61. The standard InChI is InChI=1S/C13H11ClN2O2S/c1-2-18-12(17)10-7-15-13(14)16-11(10)8-3-5-9(19)6-4-8/h3-7,19H,2H2,1H3. The zero-order chi connectivity index (χ0) is 13.8. The summed E-state index contributed by atoms with van der Waals surface area (Å²) in [5.41, 5.74) is 1.50. The highest BCUT2D eigenvalue weighted by molar-refractivity contribution is 7.80. The van der Waals surface area contributed by atoms with E-state index in [2.05, 4.69) is 22.6 Å². The second kappa shape index (κ2) is 6.04. The topological polar surface area (TPSA) is 52.1 Å². The number of hydrogen-bond acceptors (Lipinski definition) is 5. The SMILES string of the molecule is CCOC(=O)c1cnc(Cl)nc1-c1ccc(S)cc1. The number of hydrogen-bond donors (Lipinski definition) is 1. The lowest BCUT2D eigenvalue weighted by Gasteiger charge is -2.08. The molecule has 0 saturated heterocycles. The van der Waals surface area contributed by atoms with E-state index in [9.17, 15) is 4.79 Å². The molecule has 2 rings (SSSR count).